The maximum absolute atomic E-state index is 12.0. The van der Waals surface area contributed by atoms with Crippen LogP contribution in [0.15, 0.2) is 0 Å². The average Bonchev–Trinajstić information content (AvgIpc) is 2.33. The first-order valence-electron chi connectivity index (χ1n) is 5.87. The first-order chi connectivity index (χ1) is 8.76. The summed E-state index contributed by atoms with van der Waals surface area (Å²) in [7, 11) is 0. The number of nitrogens with one attached hydrogen (secondary N) is 2. The minimum atomic E-state index is -1.35. The summed E-state index contributed by atoms with van der Waals surface area (Å²) < 4.78 is 0. The van der Waals surface area contributed by atoms with Gasteiger partial charge in [-0.15, -0.1) is 0 Å². The second kappa shape index (κ2) is 7.88. The number of thioether (sulfide) groups is 1. The molecule has 7 nitrogen and oxygen atoms in total. The summed E-state index contributed by atoms with van der Waals surface area (Å²) in [5.41, 5.74) is 3.65. The van der Waals surface area contributed by atoms with Gasteiger partial charge in [0.1, 0.15) is 11.6 Å². The summed E-state index contributed by atoms with van der Waals surface area (Å²) in [5.74, 6) is -1.01. The number of nitrogens with two attached hydrogens (primary N) is 1. The number of carbonyl (C=O) groups excluding carboxylic acids is 2. The molecule has 2 atom stereocenters. The van der Waals surface area contributed by atoms with Gasteiger partial charge in [0.2, 0.25) is 5.91 Å². The van der Waals surface area contributed by atoms with Crippen LogP contribution in [0.5, 0.6) is 0 Å². The van der Waals surface area contributed by atoms with Gasteiger partial charge in [0.15, 0.2) is 0 Å². The van der Waals surface area contributed by atoms with E-state index in [1.807, 2.05) is 6.26 Å². The van der Waals surface area contributed by atoms with Gasteiger partial charge in [0.25, 0.3) is 0 Å². The Labute approximate surface area is 116 Å². The van der Waals surface area contributed by atoms with Crippen molar-refractivity contribution in [1.29, 1.82) is 0 Å². The van der Waals surface area contributed by atoms with Crippen molar-refractivity contribution in [2.75, 3.05) is 12.0 Å². The van der Waals surface area contributed by atoms with Crippen LogP contribution in [-0.4, -0.2) is 46.6 Å². The zero-order valence-electron chi connectivity index (χ0n) is 11.4. The molecule has 0 spiro atoms. The van der Waals surface area contributed by atoms with Crippen LogP contribution < -0.4 is 16.4 Å². The molecule has 0 radical (unpaired) electrons. The quantitative estimate of drug-likeness (QED) is 0.507. The molecular weight excluding hydrogens is 270 g/mol. The van der Waals surface area contributed by atoms with E-state index in [9.17, 15) is 14.4 Å². The Kier molecular flexibility index (Phi) is 7.28. The van der Waals surface area contributed by atoms with Crippen molar-refractivity contribution in [3.63, 3.8) is 0 Å². The SMILES string of the molecule is CCC(C)(NC(=O)C(CCSC)NC(N)=O)C(=O)O. The van der Waals surface area contributed by atoms with Crippen molar-refractivity contribution in [3.8, 4) is 0 Å². The largest absolute Gasteiger partial charge is 0.480 e. The third-order valence-electron chi connectivity index (χ3n) is 2.82. The number of carboxylic acids is 1. The second-order valence-electron chi connectivity index (χ2n) is 4.32. The lowest BCUT2D eigenvalue weighted by atomic mass is 9.98. The molecule has 0 aliphatic rings. The fourth-order valence-electron chi connectivity index (χ4n) is 1.33. The van der Waals surface area contributed by atoms with E-state index < -0.39 is 29.5 Å². The van der Waals surface area contributed by atoms with Gasteiger partial charge in [-0.3, -0.25) is 4.79 Å². The molecule has 0 bridgehead atoms. The highest BCUT2D eigenvalue weighted by Crippen LogP contribution is 2.10. The third-order valence-corrected chi connectivity index (χ3v) is 3.47. The molecule has 0 heterocycles. The van der Waals surface area contributed by atoms with Gasteiger partial charge < -0.3 is 21.5 Å². The summed E-state index contributed by atoms with van der Waals surface area (Å²) in [5, 5.41) is 13.8. The first-order valence-corrected chi connectivity index (χ1v) is 7.26. The van der Waals surface area contributed by atoms with E-state index in [1.54, 1.807) is 6.92 Å². The monoisotopic (exact) mass is 291 g/mol. The zero-order valence-corrected chi connectivity index (χ0v) is 12.2. The van der Waals surface area contributed by atoms with Gasteiger partial charge in [0.05, 0.1) is 0 Å². The number of carboxylic acid groups (broad SMARTS) is 1. The lowest BCUT2D eigenvalue weighted by molar-refractivity contribution is -0.147. The highest BCUT2D eigenvalue weighted by Gasteiger charge is 2.35. The zero-order chi connectivity index (χ0) is 15.1. The number of hydrogen-bond acceptors (Lipinski definition) is 4. The van der Waals surface area contributed by atoms with Gasteiger partial charge in [-0.2, -0.15) is 11.8 Å². The fraction of sp³-hybridized carbons (Fsp3) is 0.727. The number of rotatable bonds is 8. The van der Waals surface area contributed by atoms with Crippen molar-refractivity contribution in [1.82, 2.24) is 10.6 Å². The predicted molar refractivity (Wildman–Crippen MR) is 74.0 cm³/mol. The molecule has 0 rings (SSSR count). The van der Waals surface area contributed by atoms with E-state index in [0.29, 0.717) is 12.2 Å². The molecule has 2 unspecified atom stereocenters. The molecular formula is C11H21N3O4S. The van der Waals surface area contributed by atoms with Crippen LogP contribution in [0.1, 0.15) is 26.7 Å². The predicted octanol–water partition coefficient (Wildman–Crippen LogP) is 0.146. The summed E-state index contributed by atoms with van der Waals surface area (Å²) >= 11 is 1.52. The lowest BCUT2D eigenvalue weighted by Gasteiger charge is -2.27. The minimum Gasteiger partial charge on any atom is -0.480 e. The molecule has 0 aromatic carbocycles. The van der Waals surface area contributed by atoms with Crippen molar-refractivity contribution in [3.05, 3.63) is 0 Å². The Hall–Kier alpha value is -1.44. The Morgan fingerprint density at radius 1 is 1.42 bits per heavy atom. The fourth-order valence-corrected chi connectivity index (χ4v) is 1.80. The molecule has 0 fully saturated rings. The smallest absolute Gasteiger partial charge is 0.329 e. The van der Waals surface area contributed by atoms with Crippen molar-refractivity contribution in [2.45, 2.75) is 38.3 Å². The Morgan fingerprint density at radius 3 is 2.37 bits per heavy atom. The molecule has 5 N–H and O–H groups in total. The summed E-state index contributed by atoms with van der Waals surface area (Å²) in [6, 6.07) is -1.63. The van der Waals surface area contributed by atoms with E-state index in [0.717, 1.165) is 0 Å². The Morgan fingerprint density at radius 2 is 2.00 bits per heavy atom. The van der Waals surface area contributed by atoms with Gasteiger partial charge in [-0.1, -0.05) is 6.92 Å². The third kappa shape index (κ3) is 5.82. The molecule has 0 aromatic heterocycles. The second-order valence-corrected chi connectivity index (χ2v) is 5.31. The Balaban J connectivity index is 4.79. The van der Waals surface area contributed by atoms with E-state index >= 15 is 0 Å². The van der Waals surface area contributed by atoms with Crippen LogP contribution in [0.3, 0.4) is 0 Å². The van der Waals surface area contributed by atoms with Crippen LogP contribution in [0.25, 0.3) is 0 Å². The molecule has 19 heavy (non-hydrogen) atoms. The maximum Gasteiger partial charge on any atom is 0.329 e. The van der Waals surface area contributed by atoms with Crippen LogP contribution in [0, 0.1) is 0 Å². The Bertz CT molecular complexity index is 351. The van der Waals surface area contributed by atoms with Gasteiger partial charge >= 0.3 is 12.0 Å². The number of carbonyl (C=O) groups is 3. The average molecular weight is 291 g/mol. The van der Waals surface area contributed by atoms with E-state index in [4.69, 9.17) is 10.8 Å². The number of primary amides is 1. The molecule has 0 saturated carbocycles. The normalized spacial score (nSPS) is 15.1. The molecule has 0 aliphatic carbocycles. The van der Waals surface area contributed by atoms with E-state index in [-0.39, 0.29) is 6.42 Å². The molecule has 110 valence electrons. The first kappa shape index (κ1) is 17.6. The van der Waals surface area contributed by atoms with Crippen molar-refractivity contribution < 1.29 is 19.5 Å². The molecule has 0 aromatic rings. The standard InChI is InChI=1S/C11H21N3O4S/c1-4-11(2,9(16)17)14-8(15)7(5-6-19-3)13-10(12)18/h7H,4-6H2,1-3H3,(H,14,15)(H,16,17)(H3,12,13,18). The van der Waals surface area contributed by atoms with Gasteiger partial charge in [0, 0.05) is 0 Å². The van der Waals surface area contributed by atoms with Gasteiger partial charge in [-0.05, 0) is 31.8 Å². The highest BCUT2D eigenvalue weighted by atomic mass is 32.2. The molecule has 3 amide bonds. The topological polar surface area (TPSA) is 122 Å². The van der Waals surface area contributed by atoms with Crippen LogP contribution in [0.4, 0.5) is 4.79 Å². The van der Waals surface area contributed by atoms with Crippen molar-refractivity contribution in [2.24, 2.45) is 5.73 Å². The number of hydrogen-bond donors (Lipinski definition) is 4. The molecule has 0 aliphatic heterocycles. The number of aliphatic carboxylic acids is 1. The van der Waals surface area contributed by atoms with E-state index in [2.05, 4.69) is 10.6 Å². The number of amides is 3. The van der Waals surface area contributed by atoms with Crippen LogP contribution in [0.2, 0.25) is 0 Å². The molecule has 0 saturated heterocycles. The van der Waals surface area contributed by atoms with Crippen LogP contribution in [-0.2, 0) is 9.59 Å². The summed E-state index contributed by atoms with van der Waals surface area (Å²) in [6.07, 6.45) is 2.49. The maximum atomic E-state index is 12.0. The lowest BCUT2D eigenvalue weighted by Crippen LogP contribution is -2.58. The van der Waals surface area contributed by atoms with Crippen LogP contribution >= 0.6 is 11.8 Å². The van der Waals surface area contributed by atoms with E-state index in [1.165, 1.54) is 18.7 Å². The molecule has 8 heteroatoms. The number of urea groups is 1. The summed E-state index contributed by atoms with van der Waals surface area (Å²) in [4.78, 5) is 34.0. The van der Waals surface area contributed by atoms with Crippen molar-refractivity contribution >= 4 is 29.7 Å². The van der Waals surface area contributed by atoms with Gasteiger partial charge in [-0.25, -0.2) is 9.59 Å². The minimum absolute atomic E-state index is 0.236. The summed E-state index contributed by atoms with van der Waals surface area (Å²) in [6.45, 7) is 3.08. The highest BCUT2D eigenvalue weighted by molar-refractivity contribution is 7.98.